The topological polar surface area (TPSA) is 75.1 Å². The average molecular weight is 196 g/mol. The molecule has 0 aromatic carbocycles. The zero-order valence-corrected chi connectivity index (χ0v) is 7.86. The Morgan fingerprint density at radius 2 is 2.36 bits per heavy atom. The number of hydrogen-bond acceptors (Lipinski definition) is 3. The molecule has 1 saturated carbocycles. The van der Waals surface area contributed by atoms with Gasteiger partial charge in [-0.25, -0.2) is 4.79 Å². The minimum Gasteiger partial charge on any atom is -0.396 e. The van der Waals surface area contributed by atoms with Gasteiger partial charge in [0, 0.05) is 30.3 Å². The molecule has 0 amide bonds. The van der Waals surface area contributed by atoms with E-state index in [9.17, 15) is 9.59 Å². The molecule has 2 atom stereocenters. The van der Waals surface area contributed by atoms with Crippen LogP contribution in [0.3, 0.4) is 0 Å². The molecular weight excluding hydrogens is 184 g/mol. The summed E-state index contributed by atoms with van der Waals surface area (Å²) in [5, 5.41) is 8.87. The Morgan fingerprint density at radius 1 is 1.64 bits per heavy atom. The van der Waals surface area contributed by atoms with Gasteiger partial charge >= 0.3 is 5.69 Å². The van der Waals surface area contributed by atoms with Crippen LogP contribution in [0.2, 0.25) is 0 Å². The number of hydrogen-bond donors (Lipinski definition) is 2. The SMILES string of the molecule is Cc1cn([C@@H]2C[C@@H]2CO)c(=O)[nH]c1=O. The minimum atomic E-state index is -0.387. The van der Waals surface area contributed by atoms with Crippen LogP contribution in [0.5, 0.6) is 0 Å². The van der Waals surface area contributed by atoms with Gasteiger partial charge < -0.3 is 5.11 Å². The minimum absolute atomic E-state index is 0.0584. The average Bonchev–Trinajstić information content (AvgIpc) is 2.90. The van der Waals surface area contributed by atoms with Gasteiger partial charge in [-0.3, -0.25) is 14.3 Å². The lowest BCUT2D eigenvalue weighted by molar-refractivity contribution is 0.268. The second-order valence-electron chi connectivity index (χ2n) is 3.72. The lowest BCUT2D eigenvalue weighted by Gasteiger charge is -2.03. The zero-order valence-electron chi connectivity index (χ0n) is 7.86. The predicted octanol–water partition coefficient (Wildman–Crippen LogP) is -0.602. The van der Waals surface area contributed by atoms with Crippen LogP contribution >= 0.6 is 0 Å². The van der Waals surface area contributed by atoms with Crippen LogP contribution < -0.4 is 11.2 Å². The van der Waals surface area contributed by atoms with Crippen molar-refractivity contribution < 1.29 is 5.11 Å². The van der Waals surface area contributed by atoms with Crippen LogP contribution in [0.1, 0.15) is 18.0 Å². The van der Waals surface area contributed by atoms with E-state index in [0.29, 0.717) is 5.56 Å². The molecule has 1 aromatic rings. The van der Waals surface area contributed by atoms with Gasteiger partial charge in [0.25, 0.3) is 5.56 Å². The number of aromatic amines is 1. The van der Waals surface area contributed by atoms with Crippen molar-refractivity contribution >= 4 is 0 Å². The Balaban J connectivity index is 2.41. The zero-order chi connectivity index (χ0) is 10.3. The van der Waals surface area contributed by atoms with Gasteiger partial charge in [0.05, 0.1) is 0 Å². The molecule has 0 bridgehead atoms. The van der Waals surface area contributed by atoms with E-state index < -0.39 is 0 Å². The van der Waals surface area contributed by atoms with E-state index in [1.807, 2.05) is 0 Å². The molecule has 5 heteroatoms. The molecule has 0 unspecified atom stereocenters. The van der Waals surface area contributed by atoms with Crippen molar-refractivity contribution in [1.82, 2.24) is 9.55 Å². The van der Waals surface area contributed by atoms with Crippen molar-refractivity contribution in [2.24, 2.45) is 5.92 Å². The Kier molecular flexibility index (Phi) is 2.03. The van der Waals surface area contributed by atoms with Gasteiger partial charge in [-0.15, -0.1) is 0 Å². The van der Waals surface area contributed by atoms with E-state index in [2.05, 4.69) is 4.98 Å². The fraction of sp³-hybridized carbons (Fsp3) is 0.556. The third-order valence-electron chi connectivity index (χ3n) is 2.62. The maximum atomic E-state index is 11.4. The van der Waals surface area contributed by atoms with Gasteiger partial charge in [-0.1, -0.05) is 0 Å². The summed E-state index contributed by atoms with van der Waals surface area (Å²) in [5.74, 6) is 0.165. The largest absolute Gasteiger partial charge is 0.396 e. The molecule has 5 nitrogen and oxygen atoms in total. The lowest BCUT2D eigenvalue weighted by Crippen LogP contribution is -2.30. The molecular formula is C9H12N2O3. The number of nitrogens with zero attached hydrogens (tertiary/aromatic N) is 1. The molecule has 2 rings (SSSR count). The van der Waals surface area contributed by atoms with E-state index >= 15 is 0 Å². The second kappa shape index (κ2) is 3.09. The summed E-state index contributed by atoms with van der Waals surface area (Å²) >= 11 is 0. The number of H-pyrrole nitrogens is 1. The van der Waals surface area contributed by atoms with Crippen molar-refractivity contribution in [2.75, 3.05) is 6.61 Å². The third kappa shape index (κ3) is 1.39. The van der Waals surface area contributed by atoms with E-state index in [4.69, 9.17) is 5.11 Å². The molecule has 0 spiro atoms. The maximum absolute atomic E-state index is 11.4. The Labute approximate surface area is 80.0 Å². The fourth-order valence-corrected chi connectivity index (χ4v) is 1.60. The summed E-state index contributed by atoms with van der Waals surface area (Å²) in [4.78, 5) is 24.7. The molecule has 0 radical (unpaired) electrons. The van der Waals surface area contributed by atoms with Crippen LogP contribution in [-0.4, -0.2) is 21.3 Å². The Morgan fingerprint density at radius 3 is 2.93 bits per heavy atom. The van der Waals surface area contributed by atoms with Crippen LogP contribution in [0.25, 0.3) is 0 Å². The van der Waals surface area contributed by atoms with Gasteiger partial charge in [0.1, 0.15) is 0 Å². The molecule has 0 saturated heterocycles. The van der Waals surface area contributed by atoms with Gasteiger partial charge in [-0.05, 0) is 13.3 Å². The van der Waals surface area contributed by atoms with Gasteiger partial charge in [-0.2, -0.15) is 0 Å². The predicted molar refractivity (Wildman–Crippen MR) is 50.3 cm³/mol. The lowest BCUT2D eigenvalue weighted by atomic mass is 10.3. The number of aliphatic hydroxyl groups excluding tert-OH is 1. The molecule has 14 heavy (non-hydrogen) atoms. The van der Waals surface area contributed by atoms with Crippen LogP contribution in [0.4, 0.5) is 0 Å². The smallest absolute Gasteiger partial charge is 0.328 e. The standard InChI is InChI=1S/C9H12N2O3/c1-5-3-11(7-2-6(7)4-12)9(14)10-8(5)13/h3,6-7,12H,2,4H2,1H3,(H,10,13,14)/t6-,7-/m1/s1. The molecule has 1 aromatic heterocycles. The van der Waals surface area contributed by atoms with E-state index in [-0.39, 0.29) is 29.8 Å². The first-order valence-electron chi connectivity index (χ1n) is 4.56. The van der Waals surface area contributed by atoms with Crippen LogP contribution in [0, 0.1) is 12.8 Å². The molecule has 2 N–H and O–H groups in total. The Hall–Kier alpha value is -1.36. The highest BCUT2D eigenvalue weighted by molar-refractivity contribution is 5.05. The van der Waals surface area contributed by atoms with Crippen molar-refractivity contribution in [3.63, 3.8) is 0 Å². The molecule has 76 valence electrons. The first-order chi connectivity index (χ1) is 6.63. The molecule has 1 fully saturated rings. The monoisotopic (exact) mass is 196 g/mol. The first kappa shape index (κ1) is 9.21. The number of aromatic nitrogens is 2. The molecule has 1 aliphatic carbocycles. The van der Waals surface area contributed by atoms with E-state index in [1.54, 1.807) is 13.1 Å². The van der Waals surface area contributed by atoms with Crippen molar-refractivity contribution in [2.45, 2.75) is 19.4 Å². The summed E-state index contributed by atoms with van der Waals surface area (Å²) in [5.41, 5.74) is -0.206. The van der Waals surface area contributed by atoms with Gasteiger partial charge in [0.2, 0.25) is 0 Å². The summed E-state index contributed by atoms with van der Waals surface area (Å²) in [6.45, 7) is 1.75. The maximum Gasteiger partial charge on any atom is 0.328 e. The summed E-state index contributed by atoms with van der Waals surface area (Å²) < 4.78 is 1.50. The van der Waals surface area contributed by atoms with Crippen LogP contribution in [0.15, 0.2) is 15.8 Å². The highest BCUT2D eigenvalue weighted by Crippen LogP contribution is 2.41. The number of aliphatic hydroxyl groups is 1. The molecule has 0 aliphatic heterocycles. The number of aryl methyl sites for hydroxylation is 1. The summed E-state index contributed by atoms with van der Waals surface area (Å²) in [6, 6.07) is 0.0584. The summed E-state index contributed by atoms with van der Waals surface area (Å²) in [6.07, 6.45) is 2.36. The van der Waals surface area contributed by atoms with Crippen LogP contribution in [-0.2, 0) is 0 Å². The highest BCUT2D eigenvalue weighted by Gasteiger charge is 2.38. The van der Waals surface area contributed by atoms with Gasteiger partial charge in [0.15, 0.2) is 0 Å². The van der Waals surface area contributed by atoms with E-state index in [0.717, 1.165) is 6.42 Å². The number of rotatable bonds is 2. The quantitative estimate of drug-likeness (QED) is 0.663. The second-order valence-corrected chi connectivity index (χ2v) is 3.72. The van der Waals surface area contributed by atoms with Crippen molar-refractivity contribution in [1.29, 1.82) is 0 Å². The molecule has 1 aliphatic rings. The van der Waals surface area contributed by atoms with Crippen molar-refractivity contribution in [3.8, 4) is 0 Å². The highest BCUT2D eigenvalue weighted by atomic mass is 16.3. The van der Waals surface area contributed by atoms with E-state index in [1.165, 1.54) is 4.57 Å². The normalized spacial score (nSPS) is 25.0. The molecule has 1 heterocycles. The van der Waals surface area contributed by atoms with Crippen molar-refractivity contribution in [3.05, 3.63) is 32.6 Å². The third-order valence-corrected chi connectivity index (χ3v) is 2.62. The first-order valence-corrected chi connectivity index (χ1v) is 4.56. The number of nitrogens with one attached hydrogen (secondary N) is 1. The summed E-state index contributed by atoms with van der Waals surface area (Å²) in [7, 11) is 0. The fourth-order valence-electron chi connectivity index (χ4n) is 1.60. The Bertz CT molecular complexity index is 460.